The molecule has 5 rings (SSSR count). The van der Waals surface area contributed by atoms with Crippen molar-refractivity contribution in [2.45, 2.75) is 57.2 Å². The summed E-state index contributed by atoms with van der Waals surface area (Å²) in [7, 11) is 0. The molecule has 1 aromatic carbocycles. The molecule has 30 heavy (non-hydrogen) atoms. The van der Waals surface area contributed by atoms with E-state index >= 15 is 0 Å². The highest BCUT2D eigenvalue weighted by molar-refractivity contribution is 6.00. The number of aromatic nitrogens is 3. The van der Waals surface area contributed by atoms with E-state index in [-0.39, 0.29) is 17.6 Å². The van der Waals surface area contributed by atoms with Crippen LogP contribution in [-0.2, 0) is 13.0 Å². The number of carbonyl (C=O) groups excluding carboxylic acids is 1. The molecule has 1 aliphatic heterocycles. The molecule has 1 aliphatic carbocycles. The van der Waals surface area contributed by atoms with Crippen molar-refractivity contribution in [1.82, 2.24) is 14.5 Å². The minimum atomic E-state index is -0.564. The molecular weight excluding hydrogens is 378 g/mol. The van der Waals surface area contributed by atoms with Gasteiger partial charge in [-0.3, -0.25) is 4.79 Å². The third-order valence-corrected chi connectivity index (χ3v) is 6.26. The van der Waals surface area contributed by atoms with Crippen molar-refractivity contribution in [3.63, 3.8) is 0 Å². The highest BCUT2D eigenvalue weighted by Crippen LogP contribution is 2.33. The molecule has 1 amide bonds. The fraction of sp³-hybridized carbons (Fsp3) is 0.409. The van der Waals surface area contributed by atoms with Gasteiger partial charge in [-0.1, -0.05) is 25.0 Å². The Labute approximate surface area is 175 Å². The molecule has 0 saturated heterocycles. The summed E-state index contributed by atoms with van der Waals surface area (Å²) < 4.78 is 2.34. The van der Waals surface area contributed by atoms with Crippen LogP contribution in [0.15, 0.2) is 30.5 Å². The van der Waals surface area contributed by atoms with Crippen LogP contribution < -0.4 is 22.1 Å². The number of primary amides is 1. The van der Waals surface area contributed by atoms with E-state index in [0.717, 1.165) is 56.3 Å². The average molecular weight is 406 g/mol. The fourth-order valence-corrected chi connectivity index (χ4v) is 4.72. The molecule has 1 fully saturated rings. The van der Waals surface area contributed by atoms with Crippen molar-refractivity contribution in [2.75, 3.05) is 10.6 Å². The Balaban J connectivity index is 1.50. The number of amides is 1. The maximum absolute atomic E-state index is 12.0. The number of anilines is 3. The number of carbonyl (C=O) groups is 1. The number of nitrogens with one attached hydrogen (secondary N) is 2. The molecule has 2 aliphatic rings. The zero-order chi connectivity index (χ0) is 20.7. The molecule has 0 unspecified atom stereocenters. The summed E-state index contributed by atoms with van der Waals surface area (Å²) in [5, 5.41) is 7.89. The molecule has 0 bridgehead atoms. The van der Waals surface area contributed by atoms with Crippen LogP contribution >= 0.6 is 0 Å². The molecule has 3 aromatic rings. The van der Waals surface area contributed by atoms with Gasteiger partial charge < -0.3 is 26.7 Å². The minimum Gasteiger partial charge on any atom is -0.365 e. The van der Waals surface area contributed by atoms with E-state index in [4.69, 9.17) is 11.5 Å². The van der Waals surface area contributed by atoms with Gasteiger partial charge in [-0.25, -0.2) is 4.98 Å². The lowest BCUT2D eigenvalue weighted by molar-refractivity contribution is 0.100. The zero-order valence-corrected chi connectivity index (χ0v) is 16.9. The van der Waals surface area contributed by atoms with Gasteiger partial charge >= 0.3 is 0 Å². The van der Waals surface area contributed by atoms with E-state index < -0.39 is 5.91 Å². The van der Waals surface area contributed by atoms with E-state index in [1.807, 2.05) is 12.1 Å². The third-order valence-electron chi connectivity index (χ3n) is 6.26. The van der Waals surface area contributed by atoms with Gasteiger partial charge in [-0.15, -0.1) is 0 Å². The molecule has 8 nitrogen and oxygen atoms in total. The van der Waals surface area contributed by atoms with Crippen LogP contribution in [0.25, 0.3) is 10.9 Å². The summed E-state index contributed by atoms with van der Waals surface area (Å²) in [6, 6.07) is 8.56. The van der Waals surface area contributed by atoms with Crippen LogP contribution in [0.4, 0.5) is 17.5 Å². The normalized spacial score (nSPS) is 20.8. The van der Waals surface area contributed by atoms with Crippen molar-refractivity contribution in [3.8, 4) is 0 Å². The Morgan fingerprint density at radius 3 is 2.90 bits per heavy atom. The number of hydrogen-bond acceptors (Lipinski definition) is 6. The smallest absolute Gasteiger partial charge is 0.254 e. The molecular formula is C22H27N7O. The highest BCUT2D eigenvalue weighted by atomic mass is 16.1. The van der Waals surface area contributed by atoms with Gasteiger partial charge in [-0.2, -0.15) is 4.98 Å². The van der Waals surface area contributed by atoms with Crippen LogP contribution in [0.3, 0.4) is 0 Å². The summed E-state index contributed by atoms with van der Waals surface area (Å²) >= 11 is 0. The predicted molar refractivity (Wildman–Crippen MR) is 118 cm³/mol. The van der Waals surface area contributed by atoms with E-state index in [1.54, 1.807) is 0 Å². The minimum absolute atomic E-state index is 0.0756. The monoisotopic (exact) mass is 405 g/mol. The van der Waals surface area contributed by atoms with Gasteiger partial charge in [0.25, 0.3) is 5.91 Å². The molecule has 1 saturated carbocycles. The largest absolute Gasteiger partial charge is 0.365 e. The van der Waals surface area contributed by atoms with E-state index in [9.17, 15) is 4.79 Å². The maximum atomic E-state index is 12.0. The van der Waals surface area contributed by atoms with Crippen molar-refractivity contribution in [3.05, 3.63) is 41.7 Å². The van der Waals surface area contributed by atoms with Crippen LogP contribution in [0.1, 0.15) is 48.2 Å². The molecule has 6 N–H and O–H groups in total. The zero-order valence-electron chi connectivity index (χ0n) is 16.9. The number of benzene rings is 1. The van der Waals surface area contributed by atoms with Gasteiger partial charge in [0.05, 0.1) is 11.2 Å². The van der Waals surface area contributed by atoms with Gasteiger partial charge in [0, 0.05) is 35.9 Å². The summed E-state index contributed by atoms with van der Waals surface area (Å²) in [6.45, 7) is 0.996. The summed E-state index contributed by atoms with van der Waals surface area (Å²) in [5.74, 6) is 0.300. The summed E-state index contributed by atoms with van der Waals surface area (Å²) in [4.78, 5) is 20.9. The highest BCUT2D eigenvalue weighted by Gasteiger charge is 2.23. The average Bonchev–Trinajstić information content (AvgIpc) is 3.31. The Morgan fingerprint density at radius 1 is 1.20 bits per heavy atom. The number of hydrogen-bond donors (Lipinski definition) is 4. The standard InChI is InChI=1S/C22H27N7O/c23-16-7-1-2-8-17(16)27-22-25-12-15(20(24)30)21(28-22)26-18-9-3-5-13-11-14-6-4-10-29(14)19(13)18/h3,5,9,11-12,16-17H,1-2,4,6-8,10,23H2,(H2,24,30)(H2,25,26,27,28)/t16-,17+/m0/s1. The number of aryl methyl sites for hydroxylation is 2. The quantitative estimate of drug-likeness (QED) is 0.517. The maximum Gasteiger partial charge on any atom is 0.254 e. The number of nitrogens with two attached hydrogens (primary N) is 2. The van der Waals surface area contributed by atoms with Crippen molar-refractivity contribution < 1.29 is 4.79 Å². The van der Waals surface area contributed by atoms with Gasteiger partial charge in [-0.05, 0) is 37.8 Å². The lowest BCUT2D eigenvalue weighted by Gasteiger charge is -2.29. The Kier molecular flexibility index (Phi) is 4.78. The first-order valence-corrected chi connectivity index (χ1v) is 10.7. The molecule has 0 spiro atoms. The van der Waals surface area contributed by atoms with Crippen LogP contribution in [0, 0.1) is 0 Å². The topological polar surface area (TPSA) is 124 Å². The second-order valence-electron chi connectivity index (χ2n) is 8.28. The van der Waals surface area contributed by atoms with Crippen LogP contribution in [0.2, 0.25) is 0 Å². The molecule has 0 radical (unpaired) electrons. The van der Waals surface area contributed by atoms with Gasteiger partial charge in [0.2, 0.25) is 5.95 Å². The van der Waals surface area contributed by atoms with Gasteiger partial charge in [0.15, 0.2) is 0 Å². The lowest BCUT2D eigenvalue weighted by Crippen LogP contribution is -2.43. The number of fused-ring (bicyclic) bond motifs is 3. The third kappa shape index (κ3) is 3.37. The second kappa shape index (κ2) is 7.60. The van der Waals surface area contributed by atoms with E-state index in [2.05, 4.69) is 37.3 Å². The SMILES string of the molecule is NC(=O)c1cnc(N[C@@H]2CCCC[C@@H]2N)nc1Nc1cccc2cc3n(c12)CCC3. The van der Waals surface area contributed by atoms with E-state index in [1.165, 1.54) is 17.3 Å². The number of rotatable bonds is 5. The fourth-order valence-electron chi connectivity index (χ4n) is 4.72. The van der Waals surface area contributed by atoms with Crippen LogP contribution in [0.5, 0.6) is 0 Å². The van der Waals surface area contributed by atoms with Crippen molar-refractivity contribution >= 4 is 34.3 Å². The Morgan fingerprint density at radius 2 is 2.07 bits per heavy atom. The molecule has 2 atom stereocenters. The first kappa shape index (κ1) is 18.9. The van der Waals surface area contributed by atoms with Gasteiger partial charge in [0.1, 0.15) is 11.4 Å². The lowest BCUT2D eigenvalue weighted by atomic mass is 9.91. The second-order valence-corrected chi connectivity index (χ2v) is 8.28. The number of para-hydroxylation sites is 1. The Hall–Kier alpha value is -3.13. The first-order chi connectivity index (χ1) is 14.6. The summed E-state index contributed by atoms with van der Waals surface area (Å²) in [6.07, 6.45) is 7.98. The molecule has 3 heterocycles. The summed E-state index contributed by atoms with van der Waals surface area (Å²) in [5.41, 5.74) is 15.5. The van der Waals surface area contributed by atoms with Crippen LogP contribution in [-0.4, -0.2) is 32.5 Å². The molecule has 8 heteroatoms. The molecule has 156 valence electrons. The van der Waals surface area contributed by atoms with Crippen molar-refractivity contribution in [1.29, 1.82) is 0 Å². The van der Waals surface area contributed by atoms with E-state index in [0.29, 0.717) is 11.8 Å². The Bertz CT molecular complexity index is 1110. The first-order valence-electron chi connectivity index (χ1n) is 10.7. The molecule has 2 aromatic heterocycles. The number of nitrogens with zero attached hydrogens (tertiary/aromatic N) is 3. The predicted octanol–water partition coefficient (Wildman–Crippen LogP) is 2.90. The van der Waals surface area contributed by atoms with Crippen molar-refractivity contribution in [2.24, 2.45) is 11.5 Å².